The number of benzene rings is 3. The monoisotopic (exact) mass is 418 g/mol. The maximum absolute atomic E-state index is 11.6. The van der Waals surface area contributed by atoms with Gasteiger partial charge in [0.05, 0.1) is 6.54 Å². The van der Waals surface area contributed by atoms with Crippen molar-refractivity contribution in [3.05, 3.63) is 83.9 Å². The Hall–Kier alpha value is -3.32. The minimum atomic E-state index is -0.941. The van der Waals surface area contributed by atoms with Gasteiger partial charge in [-0.05, 0) is 48.4 Å². The predicted molar refractivity (Wildman–Crippen MR) is 120 cm³/mol. The zero-order valence-electron chi connectivity index (χ0n) is 16.6. The van der Waals surface area contributed by atoms with Gasteiger partial charge in [-0.3, -0.25) is 4.90 Å². The Balaban J connectivity index is 1.44. The molecule has 0 atom stereocenters. The summed E-state index contributed by atoms with van der Waals surface area (Å²) in [5.74, 6) is 0.662. The molecule has 0 aliphatic rings. The molecule has 0 bridgehead atoms. The molecule has 0 radical (unpaired) electrons. The zero-order chi connectivity index (χ0) is 20.9. The van der Waals surface area contributed by atoms with Gasteiger partial charge < -0.3 is 5.11 Å². The number of hydrogen-bond donors (Lipinski definition) is 1. The minimum absolute atomic E-state index is 0.416. The summed E-state index contributed by atoms with van der Waals surface area (Å²) in [6, 6.07) is 23.2. The molecule has 1 amide bonds. The van der Waals surface area contributed by atoms with Crippen molar-refractivity contribution in [2.75, 3.05) is 17.2 Å². The molecule has 30 heavy (non-hydrogen) atoms. The summed E-state index contributed by atoms with van der Waals surface area (Å²) in [6.45, 7) is 3.10. The average molecular weight is 419 g/mol. The van der Waals surface area contributed by atoms with Gasteiger partial charge in [-0.25, -0.2) is 4.79 Å². The van der Waals surface area contributed by atoms with Crippen molar-refractivity contribution < 1.29 is 9.90 Å². The number of carbonyl (C=O) groups is 1. The number of amides is 1. The van der Waals surface area contributed by atoms with E-state index in [9.17, 15) is 9.90 Å². The van der Waals surface area contributed by atoms with Crippen LogP contribution >= 0.6 is 11.8 Å². The molecule has 1 aromatic heterocycles. The first kappa shape index (κ1) is 20.0. The Kier molecular flexibility index (Phi) is 5.99. The zero-order valence-corrected chi connectivity index (χ0v) is 17.4. The molecular formula is C23H22N4O2S. The third kappa shape index (κ3) is 4.46. The van der Waals surface area contributed by atoms with Crippen molar-refractivity contribution in [2.24, 2.45) is 0 Å². The lowest BCUT2D eigenvalue weighted by molar-refractivity contribution is 0.202. The van der Waals surface area contributed by atoms with E-state index >= 15 is 0 Å². The number of para-hydroxylation sites is 1. The van der Waals surface area contributed by atoms with Crippen molar-refractivity contribution in [3.8, 4) is 0 Å². The molecule has 0 aliphatic carbocycles. The second-order valence-corrected chi connectivity index (χ2v) is 8.01. The Morgan fingerprint density at radius 3 is 2.30 bits per heavy atom. The lowest BCUT2D eigenvalue weighted by atomic mass is 10.1. The molecular weight excluding hydrogens is 396 g/mol. The predicted octanol–water partition coefficient (Wildman–Crippen LogP) is 5.06. The summed E-state index contributed by atoms with van der Waals surface area (Å²) in [6.07, 6.45) is -0.941. The van der Waals surface area contributed by atoms with Gasteiger partial charge in [0.25, 0.3) is 0 Å². The van der Waals surface area contributed by atoms with E-state index in [4.69, 9.17) is 0 Å². The number of fused-ring (bicyclic) bond motifs is 1. The maximum atomic E-state index is 11.6. The van der Waals surface area contributed by atoms with Crippen molar-refractivity contribution in [1.82, 2.24) is 15.0 Å². The highest BCUT2D eigenvalue weighted by Gasteiger charge is 2.14. The van der Waals surface area contributed by atoms with E-state index in [1.54, 1.807) is 16.6 Å². The minimum Gasteiger partial charge on any atom is -0.465 e. The molecule has 0 spiro atoms. The molecule has 0 fully saturated rings. The van der Waals surface area contributed by atoms with Crippen molar-refractivity contribution in [1.29, 1.82) is 0 Å². The Bertz CT molecular complexity index is 1130. The molecule has 0 unspecified atom stereocenters. The van der Waals surface area contributed by atoms with Gasteiger partial charge in [-0.15, -0.1) is 11.8 Å². The van der Waals surface area contributed by atoms with Crippen LogP contribution in [-0.2, 0) is 6.54 Å². The Morgan fingerprint density at radius 1 is 0.967 bits per heavy atom. The highest BCUT2D eigenvalue weighted by molar-refractivity contribution is 7.99. The normalized spacial score (nSPS) is 11.0. The number of nitrogens with zero attached hydrogens (tertiary/aromatic N) is 4. The van der Waals surface area contributed by atoms with Crippen LogP contribution in [0.1, 0.15) is 11.1 Å². The van der Waals surface area contributed by atoms with Crippen LogP contribution in [-0.4, -0.2) is 38.5 Å². The summed E-state index contributed by atoms with van der Waals surface area (Å²) in [5.41, 5.74) is 4.78. The molecule has 4 aromatic rings. The molecule has 3 aromatic carbocycles. The van der Waals surface area contributed by atoms with Crippen LogP contribution in [0.2, 0.25) is 0 Å². The third-order valence-electron chi connectivity index (χ3n) is 4.91. The highest BCUT2D eigenvalue weighted by Crippen LogP contribution is 2.26. The van der Waals surface area contributed by atoms with E-state index in [-0.39, 0.29) is 0 Å². The van der Waals surface area contributed by atoms with E-state index < -0.39 is 6.09 Å². The van der Waals surface area contributed by atoms with Gasteiger partial charge in [0.1, 0.15) is 11.0 Å². The Labute approximate surface area is 179 Å². The topological polar surface area (TPSA) is 71.2 Å². The van der Waals surface area contributed by atoms with Gasteiger partial charge in [0.15, 0.2) is 0 Å². The SMILES string of the molecule is Cc1c(Cn2nc3ccccc3n2)cccc1SCCN(C(=O)O)c1ccccc1. The molecule has 0 saturated carbocycles. The summed E-state index contributed by atoms with van der Waals surface area (Å²) in [5, 5.41) is 18.6. The van der Waals surface area contributed by atoms with Crippen molar-refractivity contribution in [3.63, 3.8) is 0 Å². The fourth-order valence-corrected chi connectivity index (χ4v) is 4.32. The second kappa shape index (κ2) is 9.00. The molecule has 4 rings (SSSR count). The molecule has 1 heterocycles. The molecule has 0 aliphatic heterocycles. The number of anilines is 1. The highest BCUT2D eigenvalue weighted by atomic mass is 32.2. The molecule has 1 N–H and O–H groups in total. The van der Waals surface area contributed by atoms with E-state index in [1.165, 1.54) is 10.5 Å². The number of hydrogen-bond acceptors (Lipinski definition) is 4. The smallest absolute Gasteiger partial charge is 0.411 e. The van der Waals surface area contributed by atoms with Crippen LogP contribution in [0.3, 0.4) is 0 Å². The average Bonchev–Trinajstić information content (AvgIpc) is 3.16. The second-order valence-electron chi connectivity index (χ2n) is 6.88. The molecule has 152 valence electrons. The fraction of sp³-hybridized carbons (Fsp3) is 0.174. The molecule has 0 saturated heterocycles. The molecule has 6 nitrogen and oxygen atoms in total. The van der Waals surface area contributed by atoms with Crippen LogP contribution < -0.4 is 4.90 Å². The van der Waals surface area contributed by atoms with Crippen LogP contribution in [0, 0.1) is 6.92 Å². The summed E-state index contributed by atoms with van der Waals surface area (Å²) < 4.78 is 0. The van der Waals surface area contributed by atoms with Gasteiger partial charge in [-0.1, -0.05) is 42.5 Å². The van der Waals surface area contributed by atoms with Crippen molar-refractivity contribution in [2.45, 2.75) is 18.4 Å². The largest absolute Gasteiger partial charge is 0.465 e. The lowest BCUT2D eigenvalue weighted by Crippen LogP contribution is -2.31. The number of aromatic nitrogens is 3. The first-order valence-electron chi connectivity index (χ1n) is 9.68. The van der Waals surface area contributed by atoms with E-state index in [0.29, 0.717) is 24.5 Å². The Morgan fingerprint density at radius 2 is 1.63 bits per heavy atom. The van der Waals surface area contributed by atoms with Crippen LogP contribution in [0.15, 0.2) is 77.7 Å². The van der Waals surface area contributed by atoms with E-state index in [0.717, 1.165) is 21.5 Å². The quantitative estimate of drug-likeness (QED) is 0.425. The summed E-state index contributed by atoms with van der Waals surface area (Å²) in [4.78, 5) is 15.9. The maximum Gasteiger partial charge on any atom is 0.411 e. The number of thioether (sulfide) groups is 1. The summed E-state index contributed by atoms with van der Waals surface area (Å²) >= 11 is 1.66. The molecule has 7 heteroatoms. The first-order valence-corrected chi connectivity index (χ1v) is 10.7. The number of carboxylic acid groups (broad SMARTS) is 1. The standard InChI is InChI=1S/C23H22N4O2S/c1-17-18(16-27-24-20-11-5-6-12-21(20)25-27)8-7-13-22(17)30-15-14-26(23(28)29)19-9-3-2-4-10-19/h2-13H,14-16H2,1H3,(H,28,29). The van der Waals surface area contributed by atoms with Gasteiger partial charge in [0, 0.05) is 22.9 Å². The number of rotatable bonds is 7. The van der Waals surface area contributed by atoms with Gasteiger partial charge >= 0.3 is 6.09 Å². The summed E-state index contributed by atoms with van der Waals surface area (Å²) in [7, 11) is 0. The third-order valence-corrected chi connectivity index (χ3v) is 6.05. The van der Waals surface area contributed by atoms with Crippen LogP contribution in [0.5, 0.6) is 0 Å². The van der Waals surface area contributed by atoms with Gasteiger partial charge in [0.2, 0.25) is 0 Å². The van der Waals surface area contributed by atoms with E-state index in [1.807, 2.05) is 60.7 Å². The van der Waals surface area contributed by atoms with Crippen LogP contribution in [0.4, 0.5) is 10.5 Å². The first-order chi connectivity index (χ1) is 14.6. The van der Waals surface area contributed by atoms with Crippen LogP contribution in [0.25, 0.3) is 11.0 Å². The lowest BCUT2D eigenvalue weighted by Gasteiger charge is -2.19. The van der Waals surface area contributed by atoms with E-state index in [2.05, 4.69) is 29.3 Å². The fourth-order valence-electron chi connectivity index (χ4n) is 3.31. The van der Waals surface area contributed by atoms with Crippen molar-refractivity contribution >= 4 is 34.6 Å². The van der Waals surface area contributed by atoms with Gasteiger partial charge in [-0.2, -0.15) is 15.0 Å².